The van der Waals surface area contributed by atoms with Gasteiger partial charge >= 0.3 is 0 Å². The monoisotopic (exact) mass is 345 g/mol. The molecular formula is C16H19N5O2S. The summed E-state index contributed by atoms with van der Waals surface area (Å²) in [5.41, 5.74) is 1.58. The molecule has 0 spiro atoms. The Morgan fingerprint density at radius 3 is 2.50 bits per heavy atom. The number of benzene rings is 1. The van der Waals surface area contributed by atoms with Crippen molar-refractivity contribution in [2.45, 2.75) is 31.6 Å². The van der Waals surface area contributed by atoms with Gasteiger partial charge in [-0.3, -0.25) is 0 Å². The van der Waals surface area contributed by atoms with E-state index < -0.39 is 9.84 Å². The standard InChI is InChI=1S/C16H19N5O2S/c1-11(2)21-15-13(10-18-21)14(19-16(20-15)24(3,22)23)17-9-12-7-5-4-6-8-12/h4-8,10-11H,9H2,1-3H3,(H,17,19,20). The van der Waals surface area contributed by atoms with Gasteiger partial charge in [0.2, 0.25) is 9.84 Å². The van der Waals surface area contributed by atoms with E-state index in [0.29, 0.717) is 23.4 Å². The van der Waals surface area contributed by atoms with Crippen molar-refractivity contribution in [3.8, 4) is 0 Å². The van der Waals surface area contributed by atoms with Crippen molar-refractivity contribution in [3.63, 3.8) is 0 Å². The average molecular weight is 345 g/mol. The number of fused-ring (bicyclic) bond motifs is 1. The van der Waals surface area contributed by atoms with E-state index in [-0.39, 0.29) is 11.2 Å². The van der Waals surface area contributed by atoms with Gasteiger partial charge in [-0.25, -0.2) is 18.1 Å². The summed E-state index contributed by atoms with van der Waals surface area (Å²) < 4.78 is 25.5. The fraction of sp³-hybridized carbons (Fsp3) is 0.312. The number of sulfone groups is 1. The van der Waals surface area contributed by atoms with Crippen molar-refractivity contribution in [2.24, 2.45) is 0 Å². The van der Waals surface area contributed by atoms with Gasteiger partial charge in [0.25, 0.3) is 5.16 Å². The highest BCUT2D eigenvalue weighted by Crippen LogP contribution is 2.24. The molecule has 0 aliphatic carbocycles. The third kappa shape index (κ3) is 3.23. The van der Waals surface area contributed by atoms with Crippen molar-refractivity contribution in [1.29, 1.82) is 0 Å². The maximum atomic E-state index is 11.9. The lowest BCUT2D eigenvalue weighted by molar-refractivity contribution is 0.543. The number of aromatic nitrogens is 4. The number of nitrogens with one attached hydrogen (secondary N) is 1. The van der Waals surface area contributed by atoms with Gasteiger partial charge in [0.1, 0.15) is 5.82 Å². The first kappa shape index (κ1) is 16.4. The van der Waals surface area contributed by atoms with E-state index in [4.69, 9.17) is 0 Å². The zero-order valence-corrected chi connectivity index (χ0v) is 14.6. The first-order valence-electron chi connectivity index (χ1n) is 7.59. The molecule has 0 saturated carbocycles. The van der Waals surface area contributed by atoms with Gasteiger partial charge in [-0.05, 0) is 19.4 Å². The highest BCUT2D eigenvalue weighted by Gasteiger charge is 2.19. The number of anilines is 1. The molecule has 0 radical (unpaired) electrons. The van der Waals surface area contributed by atoms with Gasteiger partial charge in [-0.15, -0.1) is 0 Å². The lowest BCUT2D eigenvalue weighted by Gasteiger charge is -2.10. The highest BCUT2D eigenvalue weighted by molar-refractivity contribution is 7.90. The first-order valence-corrected chi connectivity index (χ1v) is 9.48. The number of rotatable bonds is 5. The van der Waals surface area contributed by atoms with Crippen LogP contribution in [-0.4, -0.2) is 34.4 Å². The summed E-state index contributed by atoms with van der Waals surface area (Å²) in [7, 11) is -3.52. The highest BCUT2D eigenvalue weighted by atomic mass is 32.2. The largest absolute Gasteiger partial charge is 0.365 e. The van der Waals surface area contributed by atoms with Crippen LogP contribution in [-0.2, 0) is 16.4 Å². The summed E-state index contributed by atoms with van der Waals surface area (Å²) >= 11 is 0. The van der Waals surface area contributed by atoms with E-state index in [1.807, 2.05) is 44.2 Å². The number of hydrogen-bond acceptors (Lipinski definition) is 6. The van der Waals surface area contributed by atoms with E-state index >= 15 is 0 Å². The minimum Gasteiger partial charge on any atom is -0.365 e. The molecule has 2 aromatic heterocycles. The van der Waals surface area contributed by atoms with Gasteiger partial charge in [0, 0.05) is 18.8 Å². The molecule has 126 valence electrons. The van der Waals surface area contributed by atoms with Crippen LogP contribution in [0.3, 0.4) is 0 Å². The molecule has 1 N–H and O–H groups in total. The van der Waals surface area contributed by atoms with Crippen LogP contribution in [0.2, 0.25) is 0 Å². The summed E-state index contributed by atoms with van der Waals surface area (Å²) in [4.78, 5) is 8.40. The number of nitrogens with zero attached hydrogens (tertiary/aromatic N) is 4. The van der Waals surface area contributed by atoms with Crippen molar-refractivity contribution < 1.29 is 8.42 Å². The van der Waals surface area contributed by atoms with Crippen LogP contribution >= 0.6 is 0 Å². The first-order chi connectivity index (χ1) is 11.4. The molecule has 0 saturated heterocycles. The summed E-state index contributed by atoms with van der Waals surface area (Å²) in [6.07, 6.45) is 2.76. The number of hydrogen-bond donors (Lipinski definition) is 1. The molecule has 2 heterocycles. The van der Waals surface area contributed by atoms with Crippen LogP contribution in [0.5, 0.6) is 0 Å². The molecule has 1 aromatic carbocycles. The van der Waals surface area contributed by atoms with Crippen LogP contribution in [0.4, 0.5) is 5.82 Å². The third-order valence-electron chi connectivity index (χ3n) is 3.56. The normalized spacial score (nSPS) is 12.0. The van der Waals surface area contributed by atoms with E-state index in [9.17, 15) is 8.42 Å². The summed E-state index contributed by atoms with van der Waals surface area (Å²) in [5.74, 6) is 0.469. The molecule has 8 heteroatoms. The lowest BCUT2D eigenvalue weighted by Crippen LogP contribution is -2.11. The second-order valence-corrected chi connectivity index (χ2v) is 7.80. The fourth-order valence-electron chi connectivity index (χ4n) is 2.37. The minimum absolute atomic E-state index is 0.0618. The molecule has 0 aliphatic rings. The van der Waals surface area contributed by atoms with Crippen LogP contribution in [0.15, 0.2) is 41.7 Å². The lowest BCUT2D eigenvalue weighted by atomic mass is 10.2. The molecule has 3 aromatic rings. The summed E-state index contributed by atoms with van der Waals surface area (Å²) in [6.45, 7) is 4.46. The second-order valence-electron chi connectivity index (χ2n) is 5.89. The van der Waals surface area contributed by atoms with Crippen LogP contribution < -0.4 is 5.32 Å². The Labute approximate surface area is 140 Å². The van der Waals surface area contributed by atoms with Gasteiger partial charge in [0.15, 0.2) is 5.65 Å². The van der Waals surface area contributed by atoms with Crippen LogP contribution in [0.1, 0.15) is 25.5 Å². The van der Waals surface area contributed by atoms with Gasteiger partial charge in [0.05, 0.1) is 11.6 Å². The summed E-state index contributed by atoms with van der Waals surface area (Å²) in [6, 6.07) is 9.88. The Bertz CT molecular complexity index is 965. The predicted molar refractivity (Wildman–Crippen MR) is 92.6 cm³/mol. The molecule has 0 amide bonds. The Kier molecular flexibility index (Phi) is 4.23. The summed E-state index contributed by atoms with van der Waals surface area (Å²) in [5, 5.41) is 8.01. The molecule has 7 nitrogen and oxygen atoms in total. The Morgan fingerprint density at radius 1 is 1.17 bits per heavy atom. The van der Waals surface area contributed by atoms with Gasteiger partial charge in [-0.2, -0.15) is 10.1 Å². The van der Waals surface area contributed by atoms with Crippen LogP contribution in [0.25, 0.3) is 11.0 Å². The van der Waals surface area contributed by atoms with E-state index in [0.717, 1.165) is 11.8 Å². The molecule has 24 heavy (non-hydrogen) atoms. The smallest absolute Gasteiger partial charge is 0.250 e. The van der Waals surface area contributed by atoms with Crippen LogP contribution in [0, 0.1) is 0 Å². The fourth-order valence-corrected chi connectivity index (χ4v) is 2.88. The van der Waals surface area contributed by atoms with Crippen molar-refractivity contribution in [2.75, 3.05) is 11.6 Å². The topological polar surface area (TPSA) is 89.8 Å². The Balaban J connectivity index is 2.08. The van der Waals surface area contributed by atoms with Gasteiger partial charge < -0.3 is 5.32 Å². The van der Waals surface area contributed by atoms with Gasteiger partial charge in [-0.1, -0.05) is 30.3 Å². The second kappa shape index (κ2) is 6.20. The molecule has 0 unspecified atom stereocenters. The zero-order valence-electron chi connectivity index (χ0n) is 13.8. The molecule has 0 bridgehead atoms. The average Bonchev–Trinajstić information content (AvgIpc) is 2.97. The van der Waals surface area contributed by atoms with Crippen molar-refractivity contribution in [3.05, 3.63) is 42.1 Å². The van der Waals surface area contributed by atoms with E-state index in [1.54, 1.807) is 10.9 Å². The Hall–Kier alpha value is -2.48. The SMILES string of the molecule is CC(C)n1ncc2c(NCc3ccccc3)nc(S(C)(=O)=O)nc21. The molecule has 3 rings (SSSR count). The maximum Gasteiger partial charge on any atom is 0.250 e. The molecule has 0 fully saturated rings. The van der Waals surface area contributed by atoms with Crippen molar-refractivity contribution in [1.82, 2.24) is 19.7 Å². The van der Waals surface area contributed by atoms with E-state index in [1.165, 1.54) is 0 Å². The van der Waals surface area contributed by atoms with Crippen molar-refractivity contribution >= 4 is 26.7 Å². The maximum absolute atomic E-state index is 11.9. The molecule has 0 atom stereocenters. The quantitative estimate of drug-likeness (QED) is 0.714. The predicted octanol–water partition coefficient (Wildman–Crippen LogP) is 2.42. The molecular weight excluding hydrogens is 326 g/mol. The minimum atomic E-state index is -3.52. The Morgan fingerprint density at radius 2 is 1.88 bits per heavy atom. The third-order valence-corrected chi connectivity index (χ3v) is 4.40. The molecule has 0 aliphatic heterocycles. The zero-order chi connectivity index (χ0) is 17.3. The van der Waals surface area contributed by atoms with E-state index in [2.05, 4.69) is 20.4 Å².